The molecule has 2 aromatic rings. The van der Waals surface area contributed by atoms with E-state index in [1.165, 1.54) is 16.3 Å². The number of thiophene rings is 1. The van der Waals surface area contributed by atoms with Crippen molar-refractivity contribution in [2.24, 2.45) is 0 Å². The molecule has 0 spiro atoms. The van der Waals surface area contributed by atoms with Crippen LogP contribution in [-0.4, -0.2) is 12.1 Å². The minimum absolute atomic E-state index is 0.137. The molecule has 0 unspecified atom stereocenters. The molecule has 0 saturated heterocycles. The molecule has 3 rings (SSSR count). The fraction of sp³-hybridized carbons (Fsp3) is 0.333. The zero-order valence-corrected chi connectivity index (χ0v) is 11.6. The molecule has 1 aromatic carbocycles. The van der Waals surface area contributed by atoms with Gasteiger partial charge < -0.3 is 10.2 Å². The number of benzene rings is 1. The van der Waals surface area contributed by atoms with Crippen LogP contribution in [0.15, 0.2) is 41.8 Å². The van der Waals surface area contributed by atoms with Crippen molar-refractivity contribution in [1.29, 1.82) is 0 Å². The van der Waals surface area contributed by atoms with Gasteiger partial charge in [0.2, 0.25) is 0 Å². The maximum atomic E-state index is 3.52. The van der Waals surface area contributed by atoms with E-state index in [1.807, 2.05) is 11.3 Å². The van der Waals surface area contributed by atoms with Gasteiger partial charge in [0, 0.05) is 11.4 Å². The van der Waals surface area contributed by atoms with Crippen LogP contribution in [0.5, 0.6) is 0 Å². The Balaban J connectivity index is 1.98. The molecule has 3 heteroatoms. The third-order valence-corrected chi connectivity index (χ3v) is 4.39. The summed E-state index contributed by atoms with van der Waals surface area (Å²) in [5.74, 6) is 0. The highest BCUT2D eigenvalue weighted by Gasteiger charge is 2.32. The highest BCUT2D eigenvalue weighted by Crippen LogP contribution is 2.37. The summed E-state index contributed by atoms with van der Waals surface area (Å²) in [6, 6.07) is 12.9. The fourth-order valence-corrected chi connectivity index (χ4v) is 3.14. The van der Waals surface area contributed by atoms with Crippen molar-refractivity contribution in [1.82, 2.24) is 0 Å². The van der Waals surface area contributed by atoms with E-state index in [1.54, 1.807) is 0 Å². The Kier molecular flexibility index (Phi) is 2.78. The highest BCUT2D eigenvalue weighted by molar-refractivity contribution is 7.09. The van der Waals surface area contributed by atoms with E-state index < -0.39 is 0 Å². The molecule has 0 amide bonds. The first-order valence-corrected chi connectivity index (χ1v) is 7.18. The first-order valence-electron chi connectivity index (χ1n) is 6.30. The molecule has 1 aliphatic rings. The largest absolute Gasteiger partial charge is 0.381 e. The van der Waals surface area contributed by atoms with E-state index >= 15 is 0 Å². The zero-order valence-electron chi connectivity index (χ0n) is 10.8. The summed E-state index contributed by atoms with van der Waals surface area (Å²) in [4.78, 5) is 3.92. The second-order valence-electron chi connectivity index (χ2n) is 5.35. The zero-order chi connectivity index (χ0) is 12.6. The van der Waals surface area contributed by atoms with E-state index in [9.17, 15) is 0 Å². The molecule has 18 heavy (non-hydrogen) atoms. The quantitative estimate of drug-likeness (QED) is 0.877. The van der Waals surface area contributed by atoms with Gasteiger partial charge in [-0.15, -0.1) is 11.3 Å². The maximum absolute atomic E-state index is 3.52. The van der Waals surface area contributed by atoms with E-state index in [-0.39, 0.29) is 5.54 Å². The Labute approximate surface area is 112 Å². The lowest BCUT2D eigenvalue weighted by Gasteiger charge is -2.45. The normalized spacial score (nSPS) is 17.1. The molecule has 0 bridgehead atoms. The van der Waals surface area contributed by atoms with Crippen molar-refractivity contribution in [3.63, 3.8) is 0 Å². The van der Waals surface area contributed by atoms with Crippen LogP contribution in [0.25, 0.3) is 0 Å². The third-order valence-electron chi connectivity index (χ3n) is 3.53. The van der Waals surface area contributed by atoms with Gasteiger partial charge in [0.15, 0.2) is 0 Å². The van der Waals surface area contributed by atoms with Gasteiger partial charge in [0.05, 0.1) is 23.5 Å². The first-order chi connectivity index (χ1) is 8.67. The second-order valence-corrected chi connectivity index (χ2v) is 6.38. The molecule has 0 saturated carbocycles. The van der Waals surface area contributed by atoms with Gasteiger partial charge in [-0.3, -0.25) is 0 Å². The van der Waals surface area contributed by atoms with Crippen molar-refractivity contribution in [2.45, 2.75) is 25.9 Å². The summed E-state index contributed by atoms with van der Waals surface area (Å²) in [7, 11) is 0. The molecule has 1 aromatic heterocycles. The summed E-state index contributed by atoms with van der Waals surface area (Å²) >= 11 is 1.83. The molecule has 1 aliphatic heterocycles. The number of para-hydroxylation sites is 2. The van der Waals surface area contributed by atoms with Crippen LogP contribution in [0.3, 0.4) is 0 Å². The number of nitrogens with one attached hydrogen (secondary N) is 1. The van der Waals surface area contributed by atoms with Crippen LogP contribution < -0.4 is 10.2 Å². The summed E-state index contributed by atoms with van der Waals surface area (Å²) in [6.45, 7) is 6.56. The molecule has 0 fully saturated rings. The Morgan fingerprint density at radius 1 is 1.22 bits per heavy atom. The number of anilines is 2. The Morgan fingerprint density at radius 3 is 2.83 bits per heavy atom. The molecule has 2 heterocycles. The van der Waals surface area contributed by atoms with Gasteiger partial charge in [0.25, 0.3) is 0 Å². The van der Waals surface area contributed by atoms with Crippen molar-refractivity contribution in [3.05, 3.63) is 46.7 Å². The molecule has 94 valence electrons. The van der Waals surface area contributed by atoms with E-state index in [0.29, 0.717) is 0 Å². The lowest BCUT2D eigenvalue weighted by molar-refractivity contribution is 0.471. The molecule has 2 nitrogen and oxygen atoms in total. The van der Waals surface area contributed by atoms with Crippen molar-refractivity contribution in [3.8, 4) is 0 Å². The lowest BCUT2D eigenvalue weighted by atomic mass is 9.97. The minimum atomic E-state index is 0.137. The standard InChI is InChI=1S/C15H18N2S/c1-15(2)11-16-13-7-3-4-8-14(13)17(15)10-12-6-5-9-18-12/h3-9,16H,10-11H2,1-2H3. The van der Waals surface area contributed by atoms with Crippen LogP contribution >= 0.6 is 11.3 Å². The van der Waals surface area contributed by atoms with Crippen molar-refractivity contribution in [2.75, 3.05) is 16.8 Å². The second kappa shape index (κ2) is 4.32. The predicted octanol–water partition coefficient (Wildman–Crippen LogP) is 3.96. The SMILES string of the molecule is CC1(C)CNc2ccccc2N1Cc1cccs1. The Morgan fingerprint density at radius 2 is 2.06 bits per heavy atom. The van der Waals surface area contributed by atoms with E-state index in [0.717, 1.165) is 13.1 Å². The van der Waals surface area contributed by atoms with Crippen LogP contribution in [0.4, 0.5) is 11.4 Å². The van der Waals surface area contributed by atoms with Crippen molar-refractivity contribution < 1.29 is 0 Å². The van der Waals surface area contributed by atoms with E-state index in [2.05, 4.69) is 65.8 Å². The lowest BCUT2D eigenvalue weighted by Crippen LogP contribution is -2.51. The summed E-state index contributed by atoms with van der Waals surface area (Å²) < 4.78 is 0. The summed E-state index contributed by atoms with van der Waals surface area (Å²) in [5.41, 5.74) is 2.69. The van der Waals surface area contributed by atoms with Gasteiger partial charge in [-0.05, 0) is 37.4 Å². The summed E-state index contributed by atoms with van der Waals surface area (Å²) in [6.07, 6.45) is 0. The Bertz CT molecular complexity index is 531. The molecule has 0 atom stereocenters. The van der Waals surface area contributed by atoms with Crippen LogP contribution in [0.2, 0.25) is 0 Å². The minimum Gasteiger partial charge on any atom is -0.381 e. The predicted molar refractivity (Wildman–Crippen MR) is 79.5 cm³/mol. The van der Waals surface area contributed by atoms with Gasteiger partial charge >= 0.3 is 0 Å². The van der Waals surface area contributed by atoms with Gasteiger partial charge in [-0.2, -0.15) is 0 Å². The topological polar surface area (TPSA) is 15.3 Å². The summed E-state index contributed by atoms with van der Waals surface area (Å²) in [5, 5.41) is 5.67. The highest BCUT2D eigenvalue weighted by atomic mass is 32.1. The van der Waals surface area contributed by atoms with Gasteiger partial charge in [0.1, 0.15) is 0 Å². The monoisotopic (exact) mass is 258 g/mol. The van der Waals surface area contributed by atoms with Crippen LogP contribution in [-0.2, 0) is 6.54 Å². The average Bonchev–Trinajstić information content (AvgIpc) is 2.86. The Hall–Kier alpha value is -1.48. The van der Waals surface area contributed by atoms with Gasteiger partial charge in [-0.25, -0.2) is 0 Å². The number of fused-ring (bicyclic) bond motifs is 1. The number of hydrogen-bond donors (Lipinski definition) is 1. The van der Waals surface area contributed by atoms with Crippen LogP contribution in [0.1, 0.15) is 18.7 Å². The first kappa shape index (κ1) is 11.6. The maximum Gasteiger partial charge on any atom is 0.0610 e. The molecule has 1 N–H and O–H groups in total. The number of rotatable bonds is 2. The smallest absolute Gasteiger partial charge is 0.0610 e. The number of hydrogen-bond acceptors (Lipinski definition) is 3. The van der Waals surface area contributed by atoms with E-state index in [4.69, 9.17) is 0 Å². The molecule has 0 radical (unpaired) electrons. The molecular formula is C15H18N2S. The molecule has 0 aliphatic carbocycles. The van der Waals surface area contributed by atoms with Gasteiger partial charge in [-0.1, -0.05) is 18.2 Å². The third kappa shape index (κ3) is 1.99. The van der Waals surface area contributed by atoms with Crippen LogP contribution in [0, 0.1) is 0 Å². The fourth-order valence-electron chi connectivity index (χ4n) is 2.45. The average molecular weight is 258 g/mol. The molecular weight excluding hydrogens is 240 g/mol. The number of nitrogens with zero attached hydrogens (tertiary/aromatic N) is 1. The van der Waals surface area contributed by atoms with Crippen molar-refractivity contribution >= 4 is 22.7 Å².